The van der Waals surface area contributed by atoms with Gasteiger partial charge in [-0.2, -0.15) is 0 Å². The van der Waals surface area contributed by atoms with Crippen molar-refractivity contribution in [3.63, 3.8) is 0 Å². The lowest BCUT2D eigenvalue weighted by atomic mass is 9.93. The van der Waals surface area contributed by atoms with Crippen molar-refractivity contribution in [2.75, 3.05) is 0 Å². The Morgan fingerprint density at radius 2 is 2.25 bits per heavy atom. The first-order chi connectivity index (χ1) is 7.74. The average Bonchev–Trinajstić information content (AvgIpc) is 2.83. The van der Waals surface area contributed by atoms with Crippen LogP contribution in [0.1, 0.15) is 23.4 Å². The van der Waals surface area contributed by atoms with Gasteiger partial charge in [-0.1, -0.05) is 0 Å². The number of hydrogen-bond donors (Lipinski definition) is 1. The van der Waals surface area contributed by atoms with Gasteiger partial charge >= 0.3 is 0 Å². The summed E-state index contributed by atoms with van der Waals surface area (Å²) in [5.41, 5.74) is 2.92. The van der Waals surface area contributed by atoms with Crippen molar-refractivity contribution in [2.24, 2.45) is 0 Å². The van der Waals surface area contributed by atoms with Gasteiger partial charge in [-0.05, 0) is 19.8 Å². The fourth-order valence-corrected chi connectivity index (χ4v) is 2.15. The summed E-state index contributed by atoms with van der Waals surface area (Å²) in [6.45, 7) is 1.89. The molecule has 2 aromatic heterocycles. The zero-order valence-electron chi connectivity index (χ0n) is 9.06. The molecule has 0 fully saturated rings. The second kappa shape index (κ2) is 3.49. The van der Waals surface area contributed by atoms with Gasteiger partial charge in [-0.15, -0.1) is 0 Å². The zero-order chi connectivity index (χ0) is 11.1. The molecule has 0 spiro atoms. The summed E-state index contributed by atoms with van der Waals surface area (Å²) >= 11 is 0. The van der Waals surface area contributed by atoms with E-state index in [2.05, 4.69) is 4.98 Å². The maximum Gasteiger partial charge on any atom is 0.229 e. The maximum atomic E-state index is 9.54. The summed E-state index contributed by atoms with van der Waals surface area (Å²) in [4.78, 5) is 4.29. The Bertz CT molecular complexity index is 512. The third-order valence-corrected chi connectivity index (χ3v) is 2.98. The van der Waals surface area contributed by atoms with Gasteiger partial charge in [0.1, 0.15) is 18.3 Å². The molecule has 0 bridgehead atoms. The topological polar surface area (TPSA) is 59.4 Å². The molecule has 1 aliphatic rings. The van der Waals surface area contributed by atoms with E-state index < -0.39 is 0 Å². The van der Waals surface area contributed by atoms with Gasteiger partial charge in [0.2, 0.25) is 5.89 Å². The lowest BCUT2D eigenvalue weighted by Gasteiger charge is -2.15. The molecule has 0 aliphatic heterocycles. The second-order valence-electron chi connectivity index (χ2n) is 4.24. The quantitative estimate of drug-likeness (QED) is 0.797. The maximum absolute atomic E-state index is 9.54. The van der Waals surface area contributed by atoms with Crippen molar-refractivity contribution in [1.29, 1.82) is 0 Å². The molecule has 1 atom stereocenters. The van der Waals surface area contributed by atoms with Crippen molar-refractivity contribution < 1.29 is 13.9 Å². The Hall–Kier alpha value is -1.55. The number of aromatic nitrogens is 1. The molecule has 0 radical (unpaired) electrons. The minimum Gasteiger partial charge on any atom is -0.468 e. The number of aliphatic hydroxyl groups excluding tert-OH is 1. The molecular formula is C12H13NO3. The summed E-state index contributed by atoms with van der Waals surface area (Å²) in [7, 11) is 0. The number of fused-ring (bicyclic) bond motifs is 1. The van der Waals surface area contributed by atoms with Crippen LogP contribution in [-0.2, 0) is 12.8 Å². The Labute approximate surface area is 92.9 Å². The van der Waals surface area contributed by atoms with Gasteiger partial charge in [0.15, 0.2) is 0 Å². The van der Waals surface area contributed by atoms with Crippen LogP contribution in [0.15, 0.2) is 21.4 Å². The highest BCUT2D eigenvalue weighted by molar-refractivity contribution is 5.59. The molecule has 16 heavy (non-hydrogen) atoms. The van der Waals surface area contributed by atoms with Crippen LogP contribution in [0.4, 0.5) is 0 Å². The van der Waals surface area contributed by atoms with Gasteiger partial charge in [0, 0.05) is 12.0 Å². The fraction of sp³-hybridized carbons (Fsp3) is 0.417. The second-order valence-corrected chi connectivity index (χ2v) is 4.24. The van der Waals surface area contributed by atoms with E-state index in [1.54, 1.807) is 12.5 Å². The lowest BCUT2D eigenvalue weighted by Crippen LogP contribution is -2.17. The SMILES string of the molecule is Cc1coc(-c2coc3c2CCC(O)C3)n1. The van der Waals surface area contributed by atoms with Crippen molar-refractivity contribution in [3.05, 3.63) is 29.5 Å². The first-order valence-electron chi connectivity index (χ1n) is 5.44. The van der Waals surface area contributed by atoms with Crippen LogP contribution in [0.3, 0.4) is 0 Å². The van der Waals surface area contributed by atoms with Crippen molar-refractivity contribution in [1.82, 2.24) is 4.98 Å². The number of aryl methyl sites for hydroxylation is 1. The third-order valence-electron chi connectivity index (χ3n) is 2.98. The molecule has 1 aliphatic carbocycles. The molecule has 2 heterocycles. The number of nitrogens with zero attached hydrogens (tertiary/aromatic N) is 1. The molecule has 3 rings (SSSR count). The predicted octanol–water partition coefficient (Wildman–Crippen LogP) is 2.09. The first-order valence-corrected chi connectivity index (χ1v) is 5.44. The fourth-order valence-electron chi connectivity index (χ4n) is 2.15. The Kier molecular flexibility index (Phi) is 2.11. The first kappa shape index (κ1) is 9.66. The molecular weight excluding hydrogens is 206 g/mol. The van der Waals surface area contributed by atoms with Crippen molar-refractivity contribution >= 4 is 0 Å². The monoisotopic (exact) mass is 219 g/mol. The van der Waals surface area contributed by atoms with Crippen LogP contribution in [-0.4, -0.2) is 16.2 Å². The minimum absolute atomic E-state index is 0.280. The van der Waals surface area contributed by atoms with Crippen LogP contribution in [0.2, 0.25) is 0 Å². The van der Waals surface area contributed by atoms with Gasteiger partial charge < -0.3 is 13.9 Å². The van der Waals surface area contributed by atoms with Crippen molar-refractivity contribution in [3.8, 4) is 11.5 Å². The summed E-state index contributed by atoms with van der Waals surface area (Å²) in [6, 6.07) is 0. The molecule has 0 saturated carbocycles. The summed E-state index contributed by atoms with van der Waals surface area (Å²) < 4.78 is 10.8. The molecule has 2 aromatic rings. The minimum atomic E-state index is -0.280. The van der Waals surface area contributed by atoms with E-state index in [1.165, 1.54) is 0 Å². The molecule has 0 amide bonds. The summed E-state index contributed by atoms with van der Waals surface area (Å²) in [6.07, 6.45) is 5.22. The van der Waals surface area contributed by atoms with E-state index in [0.29, 0.717) is 12.3 Å². The van der Waals surface area contributed by atoms with E-state index in [4.69, 9.17) is 8.83 Å². The number of oxazole rings is 1. The van der Waals surface area contributed by atoms with E-state index in [1.807, 2.05) is 6.92 Å². The molecule has 4 nitrogen and oxygen atoms in total. The van der Waals surface area contributed by atoms with Gasteiger partial charge in [0.25, 0.3) is 0 Å². The Morgan fingerprint density at radius 3 is 3.00 bits per heavy atom. The highest BCUT2D eigenvalue weighted by Crippen LogP contribution is 2.32. The van der Waals surface area contributed by atoms with Gasteiger partial charge in [0.05, 0.1) is 17.4 Å². The number of hydrogen-bond acceptors (Lipinski definition) is 4. The molecule has 4 heteroatoms. The van der Waals surface area contributed by atoms with E-state index in [9.17, 15) is 5.11 Å². The standard InChI is InChI=1S/C12H13NO3/c1-7-5-16-12(13-7)10-6-15-11-4-8(14)2-3-9(10)11/h5-6,8,14H,2-4H2,1H3. The van der Waals surface area contributed by atoms with E-state index in [-0.39, 0.29) is 6.10 Å². The summed E-state index contributed by atoms with van der Waals surface area (Å²) in [5.74, 6) is 1.48. The van der Waals surface area contributed by atoms with Crippen LogP contribution >= 0.6 is 0 Å². The predicted molar refractivity (Wildman–Crippen MR) is 57.0 cm³/mol. The lowest BCUT2D eigenvalue weighted by molar-refractivity contribution is 0.150. The number of rotatable bonds is 1. The average molecular weight is 219 g/mol. The highest BCUT2D eigenvalue weighted by atomic mass is 16.4. The number of aliphatic hydroxyl groups is 1. The number of furan rings is 1. The van der Waals surface area contributed by atoms with Gasteiger partial charge in [-0.25, -0.2) is 4.98 Å². The van der Waals surface area contributed by atoms with Gasteiger partial charge in [-0.3, -0.25) is 0 Å². The molecule has 0 aromatic carbocycles. The van der Waals surface area contributed by atoms with Crippen molar-refractivity contribution in [2.45, 2.75) is 32.3 Å². The highest BCUT2D eigenvalue weighted by Gasteiger charge is 2.25. The Morgan fingerprint density at radius 1 is 1.38 bits per heavy atom. The molecule has 1 unspecified atom stereocenters. The Balaban J connectivity index is 2.03. The van der Waals surface area contributed by atoms with Crippen LogP contribution in [0.5, 0.6) is 0 Å². The zero-order valence-corrected chi connectivity index (χ0v) is 9.06. The van der Waals surface area contributed by atoms with Crippen LogP contribution < -0.4 is 0 Å². The normalized spacial score (nSPS) is 19.8. The molecule has 84 valence electrons. The molecule has 1 N–H and O–H groups in total. The summed E-state index contributed by atoms with van der Waals surface area (Å²) in [5, 5.41) is 9.54. The van der Waals surface area contributed by atoms with Crippen LogP contribution in [0.25, 0.3) is 11.5 Å². The largest absolute Gasteiger partial charge is 0.468 e. The third kappa shape index (κ3) is 1.46. The van der Waals surface area contributed by atoms with E-state index in [0.717, 1.165) is 35.4 Å². The van der Waals surface area contributed by atoms with Crippen LogP contribution in [0, 0.1) is 6.92 Å². The smallest absolute Gasteiger partial charge is 0.229 e. The van der Waals surface area contributed by atoms with E-state index >= 15 is 0 Å². The molecule has 0 saturated heterocycles.